The molecule has 1 unspecified atom stereocenters. The first-order valence-electron chi connectivity index (χ1n) is 5.45. The van der Waals surface area contributed by atoms with Gasteiger partial charge in [-0.1, -0.05) is 44.0 Å². The van der Waals surface area contributed by atoms with Gasteiger partial charge in [0.1, 0.15) is 5.82 Å². The van der Waals surface area contributed by atoms with Crippen molar-refractivity contribution in [2.24, 2.45) is 0 Å². The van der Waals surface area contributed by atoms with Crippen molar-refractivity contribution >= 4 is 31.9 Å². The molecule has 1 nitrogen and oxygen atoms in total. The van der Waals surface area contributed by atoms with Gasteiger partial charge in [-0.05, 0) is 29.8 Å². The van der Waals surface area contributed by atoms with E-state index in [2.05, 4.69) is 31.9 Å². The van der Waals surface area contributed by atoms with Crippen molar-refractivity contribution < 1.29 is 13.5 Å². The first-order chi connectivity index (χ1) is 9.02. The lowest BCUT2D eigenvalue weighted by Crippen LogP contribution is -1.98. The van der Waals surface area contributed by atoms with Gasteiger partial charge in [-0.3, -0.25) is 0 Å². The van der Waals surface area contributed by atoms with Crippen molar-refractivity contribution in [3.63, 3.8) is 0 Å². The summed E-state index contributed by atoms with van der Waals surface area (Å²) in [5, 5.41) is 0. The van der Waals surface area contributed by atoms with Crippen LogP contribution in [0.5, 0.6) is 5.75 Å². The van der Waals surface area contributed by atoms with E-state index in [-0.39, 0.29) is 11.6 Å². The molecule has 0 saturated heterocycles. The van der Waals surface area contributed by atoms with E-state index in [0.717, 1.165) is 0 Å². The van der Waals surface area contributed by atoms with Crippen LogP contribution in [0.2, 0.25) is 0 Å². The molecule has 0 aliphatic heterocycles. The lowest BCUT2D eigenvalue weighted by atomic mass is 10.0. The van der Waals surface area contributed by atoms with Crippen molar-refractivity contribution in [1.82, 2.24) is 0 Å². The molecule has 100 valence electrons. The van der Waals surface area contributed by atoms with Gasteiger partial charge in [-0.2, -0.15) is 0 Å². The third-order valence-corrected chi connectivity index (χ3v) is 4.22. The van der Waals surface area contributed by atoms with Crippen LogP contribution >= 0.6 is 31.9 Å². The molecule has 0 spiro atoms. The van der Waals surface area contributed by atoms with Gasteiger partial charge in [0.05, 0.1) is 11.9 Å². The molecule has 5 heteroatoms. The summed E-state index contributed by atoms with van der Waals surface area (Å²) in [6, 6.07) is 9.33. The number of hydrogen-bond donors (Lipinski definition) is 0. The molecule has 0 radical (unpaired) electrons. The second-order valence-electron chi connectivity index (χ2n) is 3.92. The summed E-state index contributed by atoms with van der Waals surface area (Å²) >= 11 is 6.59. The molecule has 0 heterocycles. The minimum absolute atomic E-state index is 0.166. The van der Waals surface area contributed by atoms with Crippen LogP contribution < -0.4 is 4.74 Å². The minimum atomic E-state index is -0.470. The van der Waals surface area contributed by atoms with E-state index in [1.165, 1.54) is 25.3 Å². The molecule has 0 aliphatic rings. The number of halogens is 4. The smallest absolute Gasteiger partial charge is 0.165 e. The molecule has 0 aromatic heterocycles. The maximum Gasteiger partial charge on any atom is 0.165 e. The second-order valence-corrected chi connectivity index (χ2v) is 5.75. The van der Waals surface area contributed by atoms with Crippen molar-refractivity contribution in [3.8, 4) is 5.75 Å². The number of alkyl halides is 1. The summed E-state index contributed by atoms with van der Waals surface area (Å²) in [6.07, 6.45) is 0. The fraction of sp³-hybridized carbons (Fsp3) is 0.143. The Balaban J connectivity index is 2.38. The third kappa shape index (κ3) is 3.15. The van der Waals surface area contributed by atoms with Gasteiger partial charge in [0.25, 0.3) is 0 Å². The Kier molecular flexibility index (Phi) is 4.58. The molecule has 2 aromatic rings. The molecule has 2 aromatic carbocycles. The first kappa shape index (κ1) is 14.5. The molecule has 0 aliphatic carbocycles. The highest BCUT2D eigenvalue weighted by atomic mass is 79.9. The Morgan fingerprint density at radius 3 is 2.37 bits per heavy atom. The highest BCUT2D eigenvalue weighted by Gasteiger charge is 2.16. The third-order valence-electron chi connectivity index (χ3n) is 2.70. The van der Waals surface area contributed by atoms with Crippen LogP contribution in [0, 0.1) is 11.6 Å². The normalized spacial score (nSPS) is 12.3. The van der Waals surface area contributed by atoms with Crippen LogP contribution in [-0.4, -0.2) is 7.11 Å². The topological polar surface area (TPSA) is 9.23 Å². The van der Waals surface area contributed by atoms with E-state index in [1.807, 2.05) is 0 Å². The Hall–Kier alpha value is -0.940. The highest BCUT2D eigenvalue weighted by Crippen LogP contribution is 2.35. The van der Waals surface area contributed by atoms with Crippen molar-refractivity contribution in [3.05, 3.63) is 63.6 Å². The number of hydrogen-bond acceptors (Lipinski definition) is 1. The van der Waals surface area contributed by atoms with E-state index < -0.39 is 10.6 Å². The fourth-order valence-corrected chi connectivity index (χ4v) is 2.72. The number of rotatable bonds is 3. The maximum absolute atomic E-state index is 13.9. The summed E-state index contributed by atoms with van der Waals surface area (Å²) in [6.45, 7) is 0. The fourth-order valence-electron chi connectivity index (χ4n) is 1.73. The number of methoxy groups -OCH3 is 1. The Morgan fingerprint density at radius 2 is 1.79 bits per heavy atom. The zero-order valence-electron chi connectivity index (χ0n) is 9.96. The van der Waals surface area contributed by atoms with Crippen molar-refractivity contribution in [2.75, 3.05) is 7.11 Å². The zero-order valence-corrected chi connectivity index (χ0v) is 13.1. The van der Waals surface area contributed by atoms with Crippen LogP contribution in [0.1, 0.15) is 16.0 Å². The molecule has 0 amide bonds. The summed E-state index contributed by atoms with van der Waals surface area (Å²) in [4.78, 5) is -0.416. The Bertz CT molecular complexity index is 602. The average Bonchev–Trinajstić information content (AvgIpc) is 2.38. The van der Waals surface area contributed by atoms with Crippen LogP contribution in [0.25, 0.3) is 0 Å². The van der Waals surface area contributed by atoms with E-state index in [0.29, 0.717) is 15.6 Å². The summed E-state index contributed by atoms with van der Waals surface area (Å²) in [5.41, 5.74) is 1.08. The Labute approximate surface area is 126 Å². The average molecular weight is 392 g/mol. The molecule has 0 N–H and O–H groups in total. The van der Waals surface area contributed by atoms with Crippen LogP contribution in [0.15, 0.2) is 40.9 Å². The molecular formula is C14H10Br2F2O. The monoisotopic (exact) mass is 390 g/mol. The van der Waals surface area contributed by atoms with Gasteiger partial charge in [0.2, 0.25) is 0 Å². The maximum atomic E-state index is 13.9. The van der Waals surface area contributed by atoms with Gasteiger partial charge in [-0.25, -0.2) is 8.78 Å². The lowest BCUT2D eigenvalue weighted by molar-refractivity contribution is 0.386. The predicted molar refractivity (Wildman–Crippen MR) is 77.8 cm³/mol. The van der Waals surface area contributed by atoms with E-state index in [4.69, 9.17) is 4.74 Å². The van der Waals surface area contributed by atoms with E-state index in [9.17, 15) is 8.78 Å². The van der Waals surface area contributed by atoms with Crippen LogP contribution in [0.4, 0.5) is 8.78 Å². The number of benzene rings is 2. The predicted octanol–water partition coefficient (Wildman–Crippen LogP) is 5.22. The molecule has 2 rings (SSSR count). The molecule has 1 atom stereocenters. The van der Waals surface area contributed by atoms with Crippen LogP contribution in [0.3, 0.4) is 0 Å². The summed E-state index contributed by atoms with van der Waals surface area (Å²) in [5.74, 6) is -0.658. The quantitative estimate of drug-likeness (QED) is 0.651. The highest BCUT2D eigenvalue weighted by molar-refractivity contribution is 9.10. The van der Waals surface area contributed by atoms with Gasteiger partial charge >= 0.3 is 0 Å². The lowest BCUT2D eigenvalue weighted by Gasteiger charge is -2.13. The molecular weight excluding hydrogens is 382 g/mol. The van der Waals surface area contributed by atoms with Gasteiger partial charge in [0.15, 0.2) is 11.6 Å². The SMILES string of the molecule is COc1ccc(C(Br)c2ccc(Br)cc2F)cc1F. The standard InChI is InChI=1S/C14H10Br2F2O/c1-19-13-5-2-8(6-12(13)18)14(16)10-4-3-9(15)7-11(10)17/h2-7,14H,1H3. The molecule has 0 bridgehead atoms. The zero-order chi connectivity index (χ0) is 14.0. The summed E-state index contributed by atoms with van der Waals surface area (Å²) in [7, 11) is 1.40. The summed E-state index contributed by atoms with van der Waals surface area (Å²) < 4.78 is 33.0. The molecule has 0 saturated carbocycles. The van der Waals surface area contributed by atoms with E-state index in [1.54, 1.807) is 18.2 Å². The molecule has 0 fully saturated rings. The van der Waals surface area contributed by atoms with Crippen molar-refractivity contribution in [2.45, 2.75) is 4.83 Å². The van der Waals surface area contributed by atoms with Gasteiger partial charge in [-0.15, -0.1) is 0 Å². The van der Waals surface area contributed by atoms with Gasteiger partial charge in [0, 0.05) is 10.0 Å². The van der Waals surface area contributed by atoms with Crippen molar-refractivity contribution in [1.29, 1.82) is 0 Å². The van der Waals surface area contributed by atoms with E-state index >= 15 is 0 Å². The molecule has 19 heavy (non-hydrogen) atoms. The number of ether oxygens (including phenoxy) is 1. The Morgan fingerprint density at radius 1 is 1.05 bits per heavy atom. The first-order valence-corrected chi connectivity index (χ1v) is 7.16. The van der Waals surface area contributed by atoms with Gasteiger partial charge < -0.3 is 4.74 Å². The van der Waals surface area contributed by atoms with Crippen LogP contribution in [-0.2, 0) is 0 Å². The minimum Gasteiger partial charge on any atom is -0.494 e. The second kappa shape index (κ2) is 6.01. The largest absolute Gasteiger partial charge is 0.494 e.